The van der Waals surface area contributed by atoms with Crippen LogP contribution in [0.2, 0.25) is 5.02 Å². The number of hydrogen-bond donors (Lipinski definition) is 1. The maximum absolute atomic E-state index is 6.20. The van der Waals surface area contributed by atoms with Crippen LogP contribution < -0.4 is 5.32 Å². The molecular weight excluding hydrogens is 194 g/mol. The van der Waals surface area contributed by atoms with E-state index in [9.17, 15) is 0 Å². The van der Waals surface area contributed by atoms with E-state index in [0.717, 1.165) is 11.4 Å². The van der Waals surface area contributed by atoms with Crippen molar-refractivity contribution in [3.63, 3.8) is 0 Å². The molecule has 2 rings (SSSR count). The zero-order chi connectivity index (χ0) is 10.1. The summed E-state index contributed by atoms with van der Waals surface area (Å²) in [5, 5.41) is 4.12. The molecule has 1 aromatic rings. The fourth-order valence-corrected chi connectivity index (χ4v) is 2.24. The first-order valence-electron chi connectivity index (χ1n) is 4.89. The van der Waals surface area contributed by atoms with E-state index < -0.39 is 0 Å². The summed E-state index contributed by atoms with van der Waals surface area (Å²) in [7, 11) is 1.97. The zero-order valence-electron chi connectivity index (χ0n) is 8.47. The molecule has 0 spiro atoms. The van der Waals surface area contributed by atoms with Gasteiger partial charge in [0.1, 0.15) is 0 Å². The van der Waals surface area contributed by atoms with Crippen molar-refractivity contribution in [2.75, 3.05) is 7.05 Å². The Bertz CT molecular complexity index is 382. The number of nitrogens with one attached hydrogen (secondary N) is 1. The van der Waals surface area contributed by atoms with Gasteiger partial charge in [-0.15, -0.1) is 0 Å². The van der Waals surface area contributed by atoms with E-state index in [2.05, 4.69) is 24.4 Å². The molecule has 0 fully saturated rings. The van der Waals surface area contributed by atoms with Gasteiger partial charge in [-0.3, -0.25) is 0 Å². The predicted molar refractivity (Wildman–Crippen MR) is 61.7 cm³/mol. The minimum absolute atomic E-state index is 0.371. The van der Waals surface area contributed by atoms with E-state index in [0.29, 0.717) is 6.04 Å². The van der Waals surface area contributed by atoms with Gasteiger partial charge in [0.05, 0.1) is 0 Å². The lowest BCUT2D eigenvalue weighted by molar-refractivity contribution is 0.745. The smallest absolute Gasteiger partial charge is 0.0484 e. The molecule has 0 aliphatic heterocycles. The third-order valence-electron chi connectivity index (χ3n) is 2.83. The summed E-state index contributed by atoms with van der Waals surface area (Å²) < 4.78 is 0. The average Bonchev–Trinajstić information content (AvgIpc) is 2.62. The van der Waals surface area contributed by atoms with Crippen LogP contribution in [-0.4, -0.2) is 13.1 Å². The molecular formula is C12H14ClN. The molecule has 0 heterocycles. The van der Waals surface area contributed by atoms with Gasteiger partial charge in [-0.1, -0.05) is 29.8 Å². The monoisotopic (exact) mass is 207 g/mol. The van der Waals surface area contributed by atoms with Gasteiger partial charge in [0, 0.05) is 16.6 Å². The summed E-state index contributed by atoms with van der Waals surface area (Å²) in [6.07, 6.45) is 3.27. The lowest BCUT2D eigenvalue weighted by Crippen LogP contribution is -2.22. The molecule has 2 heteroatoms. The lowest BCUT2D eigenvalue weighted by atomic mass is 10.0. The second-order valence-corrected chi connectivity index (χ2v) is 4.06. The van der Waals surface area contributed by atoms with Gasteiger partial charge in [-0.05, 0) is 37.6 Å². The number of rotatable bonds is 2. The summed E-state index contributed by atoms with van der Waals surface area (Å²) in [6.45, 7) is 2.16. The maximum atomic E-state index is 6.20. The number of fused-ring (bicyclic) bond motifs is 1. The molecule has 1 nitrogen and oxygen atoms in total. The first-order valence-corrected chi connectivity index (χ1v) is 5.27. The summed E-state index contributed by atoms with van der Waals surface area (Å²) >= 11 is 6.20. The van der Waals surface area contributed by atoms with Crippen molar-refractivity contribution >= 4 is 17.2 Å². The van der Waals surface area contributed by atoms with Gasteiger partial charge in [-0.2, -0.15) is 0 Å². The number of hydrogen-bond acceptors (Lipinski definition) is 1. The molecule has 1 aliphatic rings. The van der Waals surface area contributed by atoms with Crippen molar-refractivity contribution in [3.05, 3.63) is 40.4 Å². The first-order chi connectivity index (χ1) is 6.74. The topological polar surface area (TPSA) is 12.0 Å². The SMILES string of the molecule is CNC(C)C1=CCc2cccc(Cl)c21. The van der Waals surface area contributed by atoms with Crippen LogP contribution in [0.15, 0.2) is 24.3 Å². The molecule has 14 heavy (non-hydrogen) atoms. The van der Waals surface area contributed by atoms with E-state index in [1.165, 1.54) is 16.7 Å². The molecule has 0 radical (unpaired) electrons. The molecule has 1 aliphatic carbocycles. The van der Waals surface area contributed by atoms with E-state index in [4.69, 9.17) is 11.6 Å². The van der Waals surface area contributed by atoms with Crippen LogP contribution in [-0.2, 0) is 6.42 Å². The minimum Gasteiger partial charge on any atom is -0.313 e. The van der Waals surface area contributed by atoms with Gasteiger partial charge in [0.25, 0.3) is 0 Å². The molecule has 1 atom stereocenters. The standard InChI is InChI=1S/C12H14ClN/c1-8(14-2)10-7-6-9-4-3-5-11(13)12(9)10/h3-5,7-8,14H,6H2,1-2H3. The fourth-order valence-electron chi connectivity index (χ4n) is 1.93. The second-order valence-electron chi connectivity index (χ2n) is 3.65. The Morgan fingerprint density at radius 2 is 2.21 bits per heavy atom. The van der Waals surface area contributed by atoms with Crippen molar-refractivity contribution in [2.45, 2.75) is 19.4 Å². The minimum atomic E-state index is 0.371. The maximum Gasteiger partial charge on any atom is 0.0484 e. The molecule has 1 aromatic carbocycles. The second kappa shape index (κ2) is 3.76. The van der Waals surface area contributed by atoms with Crippen LogP contribution in [0.25, 0.3) is 5.57 Å². The van der Waals surface area contributed by atoms with E-state index in [1.807, 2.05) is 19.2 Å². The highest BCUT2D eigenvalue weighted by Crippen LogP contribution is 2.34. The molecule has 0 amide bonds. The molecule has 0 bridgehead atoms. The highest BCUT2D eigenvalue weighted by atomic mass is 35.5. The Morgan fingerprint density at radius 3 is 2.93 bits per heavy atom. The van der Waals surface area contributed by atoms with Crippen LogP contribution in [0.4, 0.5) is 0 Å². The first kappa shape index (κ1) is 9.75. The van der Waals surface area contributed by atoms with Crippen LogP contribution >= 0.6 is 11.6 Å². The number of likely N-dealkylation sites (N-methyl/N-ethyl adjacent to an activating group) is 1. The molecule has 1 unspecified atom stereocenters. The Morgan fingerprint density at radius 1 is 1.43 bits per heavy atom. The van der Waals surface area contributed by atoms with Crippen molar-refractivity contribution in [3.8, 4) is 0 Å². The normalized spacial score (nSPS) is 16.4. The molecule has 1 N–H and O–H groups in total. The van der Waals surface area contributed by atoms with E-state index >= 15 is 0 Å². The van der Waals surface area contributed by atoms with Crippen LogP contribution in [0.3, 0.4) is 0 Å². The molecule has 0 aromatic heterocycles. The fraction of sp³-hybridized carbons (Fsp3) is 0.333. The van der Waals surface area contributed by atoms with Crippen molar-refractivity contribution < 1.29 is 0 Å². The van der Waals surface area contributed by atoms with Gasteiger partial charge >= 0.3 is 0 Å². The average molecular weight is 208 g/mol. The van der Waals surface area contributed by atoms with Crippen LogP contribution in [0.1, 0.15) is 18.1 Å². The lowest BCUT2D eigenvalue weighted by Gasteiger charge is -2.14. The summed E-state index contributed by atoms with van der Waals surface area (Å²) in [5.41, 5.74) is 3.90. The Balaban J connectivity index is 2.45. The van der Waals surface area contributed by atoms with Gasteiger partial charge in [-0.25, -0.2) is 0 Å². The Kier molecular flexibility index (Phi) is 2.62. The van der Waals surface area contributed by atoms with Crippen molar-refractivity contribution in [1.82, 2.24) is 5.32 Å². The number of benzene rings is 1. The summed E-state index contributed by atoms with van der Waals surface area (Å²) in [5.74, 6) is 0. The van der Waals surface area contributed by atoms with Crippen molar-refractivity contribution in [1.29, 1.82) is 0 Å². The quantitative estimate of drug-likeness (QED) is 0.787. The predicted octanol–water partition coefficient (Wildman–Crippen LogP) is 2.89. The third-order valence-corrected chi connectivity index (χ3v) is 3.14. The van der Waals surface area contributed by atoms with E-state index in [1.54, 1.807) is 0 Å². The number of allylic oxidation sites excluding steroid dienone is 1. The highest BCUT2D eigenvalue weighted by Gasteiger charge is 2.20. The van der Waals surface area contributed by atoms with Gasteiger partial charge < -0.3 is 5.32 Å². The number of halogens is 1. The van der Waals surface area contributed by atoms with Crippen LogP contribution in [0, 0.1) is 0 Å². The summed E-state index contributed by atoms with van der Waals surface area (Å²) in [6, 6.07) is 6.49. The summed E-state index contributed by atoms with van der Waals surface area (Å²) in [4.78, 5) is 0. The molecule has 0 saturated heterocycles. The van der Waals surface area contributed by atoms with Crippen LogP contribution in [0.5, 0.6) is 0 Å². The largest absolute Gasteiger partial charge is 0.313 e. The third kappa shape index (κ3) is 1.47. The Hall–Kier alpha value is -0.790. The van der Waals surface area contributed by atoms with E-state index in [-0.39, 0.29) is 0 Å². The van der Waals surface area contributed by atoms with Gasteiger partial charge in [0.15, 0.2) is 0 Å². The van der Waals surface area contributed by atoms with Crippen molar-refractivity contribution in [2.24, 2.45) is 0 Å². The molecule has 0 saturated carbocycles. The van der Waals surface area contributed by atoms with Gasteiger partial charge in [0.2, 0.25) is 0 Å². The molecule has 74 valence electrons. The Labute approximate surface area is 89.8 Å². The zero-order valence-corrected chi connectivity index (χ0v) is 9.23. The highest BCUT2D eigenvalue weighted by molar-refractivity contribution is 6.32.